The lowest BCUT2D eigenvalue weighted by molar-refractivity contribution is -0.130. The van der Waals surface area contributed by atoms with E-state index < -0.39 is 23.4 Å². The van der Waals surface area contributed by atoms with Crippen molar-refractivity contribution in [1.29, 1.82) is 0 Å². The van der Waals surface area contributed by atoms with Crippen LogP contribution in [0.25, 0.3) is 0 Å². The van der Waals surface area contributed by atoms with Gasteiger partial charge in [-0.3, -0.25) is 10.1 Å². The molecule has 1 N–H and O–H groups in total. The highest BCUT2D eigenvalue weighted by Gasteiger charge is 2.46. The summed E-state index contributed by atoms with van der Waals surface area (Å²) in [6.07, 6.45) is 0.628. The molecule has 0 bridgehead atoms. The highest BCUT2D eigenvalue weighted by molar-refractivity contribution is 6.03. The van der Waals surface area contributed by atoms with Crippen LogP contribution in [0.3, 0.4) is 0 Å². The van der Waals surface area contributed by atoms with Crippen LogP contribution in [0.1, 0.15) is 31.4 Å². The van der Waals surface area contributed by atoms with Gasteiger partial charge in [-0.2, -0.15) is 0 Å². The molecule has 0 radical (unpaired) electrons. The van der Waals surface area contributed by atoms with Crippen molar-refractivity contribution in [3.8, 4) is 28.7 Å². The SMILES string of the molecule is CCCc1cc(Oc2ccc(OC)cc2)c(F)cc1Oc1cccc([C@@]2(C)OC(=O)NC2=O)c1. The first-order valence-electron chi connectivity index (χ1n) is 10.8. The number of rotatable bonds is 8. The molecule has 1 fully saturated rings. The molecule has 1 atom stereocenters. The van der Waals surface area contributed by atoms with E-state index in [0.717, 1.165) is 12.0 Å². The van der Waals surface area contributed by atoms with Gasteiger partial charge in [-0.15, -0.1) is 0 Å². The fourth-order valence-corrected chi connectivity index (χ4v) is 3.63. The van der Waals surface area contributed by atoms with Crippen molar-refractivity contribution in [1.82, 2.24) is 5.32 Å². The van der Waals surface area contributed by atoms with E-state index in [4.69, 9.17) is 18.9 Å². The minimum atomic E-state index is -1.47. The molecule has 0 spiro atoms. The number of benzene rings is 3. The fourth-order valence-electron chi connectivity index (χ4n) is 3.63. The van der Waals surface area contributed by atoms with Crippen molar-refractivity contribution in [2.24, 2.45) is 0 Å². The van der Waals surface area contributed by atoms with Crippen LogP contribution in [0.15, 0.2) is 60.7 Å². The standard InChI is InChI=1S/C26H24FNO6/c1-4-6-16-13-23(32-19-11-9-18(31-3)10-12-19)21(27)15-22(16)33-20-8-5-7-17(14-20)26(2)24(29)28-25(30)34-26/h5,7-15H,4,6H2,1-3H3,(H,28,29,30)/t26-/m1/s1. The molecule has 1 aliphatic rings. The number of amides is 2. The number of halogens is 1. The molecule has 0 unspecified atom stereocenters. The van der Waals surface area contributed by atoms with Gasteiger partial charge in [-0.25, -0.2) is 9.18 Å². The molecule has 1 heterocycles. The molecule has 1 saturated heterocycles. The van der Waals surface area contributed by atoms with Crippen LogP contribution in [-0.2, 0) is 21.6 Å². The van der Waals surface area contributed by atoms with Crippen molar-refractivity contribution in [3.63, 3.8) is 0 Å². The zero-order valence-corrected chi connectivity index (χ0v) is 19.0. The fraction of sp³-hybridized carbons (Fsp3) is 0.231. The predicted octanol–water partition coefficient (Wildman–Crippen LogP) is 5.85. The molecular formula is C26H24FNO6. The van der Waals surface area contributed by atoms with Crippen LogP contribution in [-0.4, -0.2) is 19.1 Å². The number of alkyl carbamates (subject to hydrolysis) is 1. The molecule has 34 heavy (non-hydrogen) atoms. The lowest BCUT2D eigenvalue weighted by Crippen LogP contribution is -2.33. The summed E-state index contributed by atoms with van der Waals surface area (Å²) in [5.74, 6) is 0.777. The molecule has 0 aromatic heterocycles. The molecule has 7 nitrogen and oxygen atoms in total. The van der Waals surface area contributed by atoms with Gasteiger partial charge in [0.1, 0.15) is 23.0 Å². The summed E-state index contributed by atoms with van der Waals surface area (Å²) in [4.78, 5) is 23.7. The average molecular weight is 465 g/mol. The van der Waals surface area contributed by atoms with Crippen LogP contribution in [0, 0.1) is 5.82 Å². The monoisotopic (exact) mass is 465 g/mol. The third-order valence-corrected chi connectivity index (χ3v) is 5.48. The van der Waals surface area contributed by atoms with Crippen LogP contribution >= 0.6 is 0 Å². The Morgan fingerprint density at radius 3 is 2.29 bits per heavy atom. The molecule has 8 heteroatoms. The minimum Gasteiger partial charge on any atom is -0.497 e. The van der Waals surface area contributed by atoms with E-state index in [0.29, 0.717) is 35.0 Å². The number of ether oxygens (including phenoxy) is 4. The topological polar surface area (TPSA) is 83.1 Å². The highest BCUT2D eigenvalue weighted by Crippen LogP contribution is 2.37. The third kappa shape index (κ3) is 4.66. The molecule has 0 saturated carbocycles. The van der Waals surface area contributed by atoms with Crippen molar-refractivity contribution in [3.05, 3.63) is 77.6 Å². The smallest absolute Gasteiger partial charge is 0.415 e. The molecule has 2 amide bonds. The first kappa shape index (κ1) is 23.1. The number of methoxy groups -OCH3 is 1. The number of nitrogens with one attached hydrogen (secondary N) is 1. The molecule has 3 aromatic carbocycles. The number of imide groups is 1. The van der Waals surface area contributed by atoms with E-state index in [1.165, 1.54) is 13.0 Å². The summed E-state index contributed by atoms with van der Waals surface area (Å²) in [6.45, 7) is 3.51. The zero-order valence-electron chi connectivity index (χ0n) is 19.0. The Morgan fingerprint density at radius 2 is 1.65 bits per heavy atom. The van der Waals surface area contributed by atoms with Crippen LogP contribution in [0.2, 0.25) is 0 Å². The summed E-state index contributed by atoms with van der Waals surface area (Å²) in [5, 5.41) is 2.13. The third-order valence-electron chi connectivity index (χ3n) is 5.48. The normalized spacial score (nSPS) is 17.2. The zero-order chi connectivity index (χ0) is 24.3. The number of carbonyl (C=O) groups excluding carboxylic acids is 2. The molecule has 176 valence electrons. The van der Waals surface area contributed by atoms with Gasteiger partial charge in [0.2, 0.25) is 5.60 Å². The van der Waals surface area contributed by atoms with Gasteiger partial charge in [-0.05, 0) is 61.4 Å². The van der Waals surface area contributed by atoms with Crippen molar-refractivity contribution >= 4 is 12.0 Å². The number of cyclic esters (lactones) is 1. The predicted molar refractivity (Wildman–Crippen MR) is 122 cm³/mol. The van der Waals surface area contributed by atoms with E-state index in [9.17, 15) is 14.0 Å². The number of hydrogen-bond acceptors (Lipinski definition) is 6. The lowest BCUT2D eigenvalue weighted by atomic mass is 9.95. The van der Waals surface area contributed by atoms with Crippen molar-refractivity contribution in [2.75, 3.05) is 7.11 Å². The minimum absolute atomic E-state index is 0.0803. The second-order valence-corrected chi connectivity index (χ2v) is 7.92. The first-order chi connectivity index (χ1) is 16.3. The summed E-state index contributed by atoms with van der Waals surface area (Å²) in [5.41, 5.74) is -0.274. The van der Waals surface area contributed by atoms with E-state index in [1.807, 2.05) is 6.92 Å². The van der Waals surface area contributed by atoms with Gasteiger partial charge in [0.15, 0.2) is 11.6 Å². The molecule has 3 aromatic rings. The first-order valence-corrected chi connectivity index (χ1v) is 10.8. The molecular weight excluding hydrogens is 441 g/mol. The van der Waals surface area contributed by atoms with E-state index in [2.05, 4.69) is 5.32 Å². The number of hydrogen-bond donors (Lipinski definition) is 1. The Morgan fingerprint density at radius 1 is 0.941 bits per heavy atom. The van der Waals surface area contributed by atoms with E-state index >= 15 is 0 Å². The quantitative estimate of drug-likeness (QED) is 0.449. The van der Waals surface area contributed by atoms with Gasteiger partial charge >= 0.3 is 6.09 Å². The van der Waals surface area contributed by atoms with Crippen molar-refractivity contribution in [2.45, 2.75) is 32.3 Å². The average Bonchev–Trinajstić information content (AvgIpc) is 3.09. The Balaban J connectivity index is 1.61. The maximum Gasteiger partial charge on any atom is 0.415 e. The molecule has 0 aliphatic carbocycles. The Hall–Kier alpha value is -4.07. The van der Waals surface area contributed by atoms with Gasteiger partial charge in [-0.1, -0.05) is 25.5 Å². The molecule has 1 aliphatic heterocycles. The van der Waals surface area contributed by atoms with Crippen LogP contribution in [0.5, 0.6) is 28.7 Å². The summed E-state index contributed by atoms with van der Waals surface area (Å²) in [6, 6.07) is 16.3. The second kappa shape index (κ2) is 9.43. The Labute approximate surface area is 196 Å². The van der Waals surface area contributed by atoms with E-state index in [1.54, 1.807) is 61.7 Å². The maximum absolute atomic E-state index is 14.9. The second-order valence-electron chi connectivity index (χ2n) is 7.92. The van der Waals surface area contributed by atoms with Crippen molar-refractivity contribution < 1.29 is 32.9 Å². The number of carbonyl (C=O) groups is 2. The Kier molecular flexibility index (Phi) is 6.40. The van der Waals surface area contributed by atoms with E-state index in [-0.39, 0.29) is 5.75 Å². The van der Waals surface area contributed by atoms with Crippen LogP contribution in [0.4, 0.5) is 9.18 Å². The van der Waals surface area contributed by atoms with Gasteiger partial charge in [0, 0.05) is 11.6 Å². The number of aryl methyl sites for hydroxylation is 1. The van der Waals surface area contributed by atoms with Gasteiger partial charge < -0.3 is 18.9 Å². The maximum atomic E-state index is 14.9. The summed E-state index contributed by atoms with van der Waals surface area (Å²) < 4.78 is 37.0. The van der Waals surface area contributed by atoms with Gasteiger partial charge in [0.05, 0.1) is 7.11 Å². The Bertz CT molecular complexity index is 1230. The lowest BCUT2D eigenvalue weighted by Gasteiger charge is -2.20. The molecule has 4 rings (SSSR count). The highest BCUT2D eigenvalue weighted by atomic mass is 19.1. The largest absolute Gasteiger partial charge is 0.497 e. The summed E-state index contributed by atoms with van der Waals surface area (Å²) in [7, 11) is 1.57. The van der Waals surface area contributed by atoms with Gasteiger partial charge in [0.25, 0.3) is 5.91 Å². The van der Waals surface area contributed by atoms with Crippen LogP contribution < -0.4 is 19.5 Å². The summed E-state index contributed by atoms with van der Waals surface area (Å²) >= 11 is 0.